The topological polar surface area (TPSA) is 55.8 Å². The molecule has 0 fully saturated rings. The first-order chi connectivity index (χ1) is 13.5. The highest BCUT2D eigenvalue weighted by Crippen LogP contribution is 2.44. The summed E-state index contributed by atoms with van der Waals surface area (Å²) in [6.45, 7) is 3.41. The molecule has 1 aliphatic carbocycles. The number of ether oxygens (including phenoxy) is 2. The number of terminal acetylenes is 1. The highest BCUT2D eigenvalue weighted by Gasteiger charge is 2.30. The zero-order chi connectivity index (χ0) is 20.1. The molecule has 0 heterocycles. The number of carbonyl (C=O) groups excluding carboxylic acids is 2. The molecule has 3 rings (SSSR count). The zero-order valence-corrected chi connectivity index (χ0v) is 16.1. The van der Waals surface area contributed by atoms with Crippen LogP contribution in [0.15, 0.2) is 48.5 Å². The first-order valence-electron chi connectivity index (χ1n) is 9.24. The first kappa shape index (κ1) is 19.5. The van der Waals surface area contributed by atoms with Gasteiger partial charge in [0.05, 0.1) is 12.6 Å². The van der Waals surface area contributed by atoms with E-state index in [-0.39, 0.29) is 31.7 Å². The lowest BCUT2D eigenvalue weighted by Gasteiger charge is -2.21. The predicted molar refractivity (Wildman–Crippen MR) is 107 cm³/mol. The maximum atomic E-state index is 12.5. The van der Waals surface area contributed by atoms with Crippen LogP contribution in [0.4, 0.5) is 4.79 Å². The minimum Gasteiger partial charge on any atom is -0.462 e. The molecule has 1 amide bonds. The van der Waals surface area contributed by atoms with Crippen LogP contribution in [0.1, 0.15) is 30.9 Å². The normalized spacial score (nSPS) is 12.1. The molecule has 1 aliphatic rings. The van der Waals surface area contributed by atoms with Gasteiger partial charge < -0.3 is 9.47 Å². The molecule has 2 aromatic carbocycles. The van der Waals surface area contributed by atoms with Crippen molar-refractivity contribution in [2.45, 2.75) is 25.9 Å². The Labute approximate surface area is 165 Å². The van der Waals surface area contributed by atoms with Gasteiger partial charge in [0.25, 0.3) is 0 Å². The van der Waals surface area contributed by atoms with Gasteiger partial charge in [-0.15, -0.1) is 6.42 Å². The average molecular weight is 377 g/mol. The Kier molecular flexibility index (Phi) is 6.00. The lowest BCUT2D eigenvalue weighted by molar-refractivity contribution is -0.148. The molecule has 0 bridgehead atoms. The van der Waals surface area contributed by atoms with E-state index in [1.807, 2.05) is 36.4 Å². The third-order valence-electron chi connectivity index (χ3n) is 4.56. The van der Waals surface area contributed by atoms with Gasteiger partial charge in [0.15, 0.2) is 0 Å². The summed E-state index contributed by atoms with van der Waals surface area (Å²) in [7, 11) is 0. The van der Waals surface area contributed by atoms with Gasteiger partial charge in [-0.1, -0.05) is 54.5 Å². The van der Waals surface area contributed by atoms with Gasteiger partial charge in [0, 0.05) is 5.92 Å². The van der Waals surface area contributed by atoms with Crippen LogP contribution in [-0.2, 0) is 14.3 Å². The van der Waals surface area contributed by atoms with Crippen LogP contribution in [0.5, 0.6) is 0 Å². The van der Waals surface area contributed by atoms with Crippen molar-refractivity contribution in [1.29, 1.82) is 0 Å². The molecular formula is C23H23NO4. The summed E-state index contributed by atoms with van der Waals surface area (Å²) in [6, 6.07) is 16.2. The van der Waals surface area contributed by atoms with Crippen molar-refractivity contribution in [1.82, 2.24) is 4.90 Å². The van der Waals surface area contributed by atoms with Crippen molar-refractivity contribution in [3.63, 3.8) is 0 Å². The molecule has 0 spiro atoms. The van der Waals surface area contributed by atoms with Gasteiger partial charge in [0.1, 0.15) is 13.2 Å². The SMILES string of the molecule is C#CCN(CC(=O)OC(C)C)C(=O)OCC1c2ccccc2-c2ccccc21. The molecule has 28 heavy (non-hydrogen) atoms. The van der Waals surface area contributed by atoms with E-state index in [0.717, 1.165) is 22.3 Å². The standard InChI is InChI=1S/C23H23NO4/c1-4-13-24(14-22(25)28-16(2)3)23(26)27-15-21-19-11-7-5-9-17(19)18-10-6-8-12-20(18)21/h1,5-12,16,21H,13-15H2,2-3H3. The molecule has 0 atom stereocenters. The molecule has 2 aromatic rings. The molecule has 0 aromatic heterocycles. The fraction of sp³-hybridized carbons (Fsp3) is 0.304. The molecule has 0 unspecified atom stereocenters. The van der Waals surface area contributed by atoms with Crippen molar-refractivity contribution < 1.29 is 19.1 Å². The van der Waals surface area contributed by atoms with E-state index in [1.165, 1.54) is 4.90 Å². The van der Waals surface area contributed by atoms with Crippen molar-refractivity contribution in [2.24, 2.45) is 0 Å². The molecular weight excluding hydrogens is 354 g/mol. The fourth-order valence-corrected chi connectivity index (χ4v) is 3.44. The smallest absolute Gasteiger partial charge is 0.411 e. The summed E-state index contributed by atoms with van der Waals surface area (Å²) < 4.78 is 10.6. The highest BCUT2D eigenvalue weighted by molar-refractivity contribution is 5.80. The molecule has 0 radical (unpaired) electrons. The van der Waals surface area contributed by atoms with Crippen LogP contribution in [0, 0.1) is 12.3 Å². The van der Waals surface area contributed by atoms with E-state index >= 15 is 0 Å². The van der Waals surface area contributed by atoms with Crippen molar-refractivity contribution >= 4 is 12.1 Å². The second-order valence-corrected chi connectivity index (χ2v) is 6.90. The number of hydrogen-bond donors (Lipinski definition) is 0. The van der Waals surface area contributed by atoms with Crippen LogP contribution in [0.3, 0.4) is 0 Å². The second-order valence-electron chi connectivity index (χ2n) is 6.90. The van der Waals surface area contributed by atoms with E-state index in [4.69, 9.17) is 15.9 Å². The Morgan fingerprint density at radius 3 is 2.18 bits per heavy atom. The van der Waals surface area contributed by atoms with Crippen molar-refractivity contribution in [3.05, 3.63) is 59.7 Å². The van der Waals surface area contributed by atoms with Crippen molar-refractivity contribution in [3.8, 4) is 23.5 Å². The van der Waals surface area contributed by atoms with Gasteiger partial charge in [-0.05, 0) is 36.1 Å². The summed E-state index contributed by atoms with van der Waals surface area (Å²) in [5.74, 6) is 1.82. The molecule has 0 N–H and O–H groups in total. The fourth-order valence-electron chi connectivity index (χ4n) is 3.44. The Hall–Kier alpha value is -3.26. The molecule has 144 valence electrons. The molecule has 5 heteroatoms. The van der Waals surface area contributed by atoms with E-state index in [0.29, 0.717) is 0 Å². The predicted octanol–water partition coefficient (Wildman–Crippen LogP) is 3.82. The zero-order valence-electron chi connectivity index (χ0n) is 16.1. The van der Waals surface area contributed by atoms with Crippen molar-refractivity contribution in [2.75, 3.05) is 19.7 Å². The van der Waals surface area contributed by atoms with Gasteiger partial charge in [-0.2, -0.15) is 0 Å². The summed E-state index contributed by atoms with van der Waals surface area (Å²) in [5.41, 5.74) is 4.55. The number of nitrogens with zero attached hydrogens (tertiary/aromatic N) is 1. The number of fused-ring (bicyclic) bond motifs is 3. The number of rotatable bonds is 6. The molecule has 5 nitrogen and oxygen atoms in total. The molecule has 0 aliphatic heterocycles. The number of hydrogen-bond acceptors (Lipinski definition) is 4. The van der Waals surface area contributed by atoms with Crippen LogP contribution in [-0.4, -0.2) is 42.8 Å². The third-order valence-corrected chi connectivity index (χ3v) is 4.56. The largest absolute Gasteiger partial charge is 0.462 e. The number of esters is 1. The van der Waals surface area contributed by atoms with E-state index in [1.54, 1.807) is 13.8 Å². The van der Waals surface area contributed by atoms with Gasteiger partial charge in [0.2, 0.25) is 0 Å². The summed E-state index contributed by atoms with van der Waals surface area (Å²) in [5, 5.41) is 0. The minimum atomic E-state index is -0.625. The van der Waals surface area contributed by atoms with E-state index in [9.17, 15) is 9.59 Å². The molecule has 0 saturated heterocycles. The van der Waals surface area contributed by atoms with E-state index < -0.39 is 12.1 Å². The first-order valence-corrected chi connectivity index (χ1v) is 9.24. The quantitative estimate of drug-likeness (QED) is 0.567. The summed E-state index contributed by atoms with van der Waals surface area (Å²) in [4.78, 5) is 25.6. The maximum Gasteiger partial charge on any atom is 0.411 e. The Bertz CT molecular complexity index is 867. The Morgan fingerprint density at radius 1 is 1.07 bits per heavy atom. The number of carbonyl (C=O) groups is 2. The Morgan fingerprint density at radius 2 is 1.64 bits per heavy atom. The van der Waals surface area contributed by atoms with Gasteiger partial charge in [-0.3, -0.25) is 9.69 Å². The van der Waals surface area contributed by atoms with Crippen LogP contribution in [0.2, 0.25) is 0 Å². The summed E-state index contributed by atoms with van der Waals surface area (Å²) in [6.07, 6.45) is 4.45. The Balaban J connectivity index is 1.71. The van der Waals surface area contributed by atoms with E-state index in [2.05, 4.69) is 18.1 Å². The highest BCUT2D eigenvalue weighted by atomic mass is 16.6. The number of benzene rings is 2. The van der Waals surface area contributed by atoms with Crippen LogP contribution in [0.25, 0.3) is 11.1 Å². The van der Waals surface area contributed by atoms with Gasteiger partial charge >= 0.3 is 12.1 Å². The monoisotopic (exact) mass is 377 g/mol. The second kappa shape index (κ2) is 8.62. The molecule has 0 saturated carbocycles. The number of amides is 1. The third kappa shape index (κ3) is 4.17. The lowest BCUT2D eigenvalue weighted by Crippen LogP contribution is -2.38. The lowest BCUT2D eigenvalue weighted by atomic mass is 9.98. The summed E-state index contributed by atoms with van der Waals surface area (Å²) >= 11 is 0. The van der Waals surface area contributed by atoms with Crippen LogP contribution >= 0.6 is 0 Å². The minimum absolute atomic E-state index is 0.0239. The van der Waals surface area contributed by atoms with Crippen LogP contribution < -0.4 is 0 Å². The van der Waals surface area contributed by atoms with Gasteiger partial charge in [-0.25, -0.2) is 4.79 Å². The average Bonchev–Trinajstić information content (AvgIpc) is 2.99. The maximum absolute atomic E-state index is 12.5.